The Morgan fingerprint density at radius 1 is 1.89 bits per heavy atom. The van der Waals surface area contributed by atoms with Gasteiger partial charge in [0, 0.05) is 0 Å². The molecule has 0 aromatic carbocycles. The largest absolute Gasteiger partial charge is 0.468 e. The fourth-order valence-corrected chi connectivity index (χ4v) is 0.922. The number of hydrogen-bond donors (Lipinski definition) is 1. The third-order valence-corrected chi connectivity index (χ3v) is 1.93. The highest BCUT2D eigenvalue weighted by molar-refractivity contribution is 5.84. The van der Waals surface area contributed by atoms with Crippen LogP contribution in [-0.2, 0) is 9.53 Å². The van der Waals surface area contributed by atoms with Crippen LogP contribution in [0.15, 0.2) is 0 Å². The number of carbonyl (C=O) groups is 1. The van der Waals surface area contributed by atoms with Crippen molar-refractivity contribution in [2.24, 2.45) is 11.7 Å². The minimum absolute atomic E-state index is 0.282. The van der Waals surface area contributed by atoms with Gasteiger partial charge in [0.05, 0.1) is 7.11 Å². The number of carbonyl (C=O) groups excluding carboxylic acids is 1. The van der Waals surface area contributed by atoms with E-state index in [-0.39, 0.29) is 5.97 Å². The predicted molar refractivity (Wildman–Crippen MR) is 32.7 cm³/mol. The molecule has 9 heavy (non-hydrogen) atoms. The van der Waals surface area contributed by atoms with E-state index in [0.717, 1.165) is 6.42 Å². The summed E-state index contributed by atoms with van der Waals surface area (Å²) in [6.45, 7) is 1.94. The molecule has 2 N–H and O–H groups in total. The Bertz CT molecular complexity index is 146. The SMILES string of the molecule is COC(=O)[C@@]1(N)C[C@@H]1C. The quantitative estimate of drug-likeness (QED) is 0.503. The third-order valence-electron chi connectivity index (χ3n) is 1.93. The number of hydrogen-bond acceptors (Lipinski definition) is 3. The Balaban J connectivity index is 2.53. The summed E-state index contributed by atoms with van der Waals surface area (Å²) < 4.78 is 4.48. The summed E-state index contributed by atoms with van der Waals surface area (Å²) in [5, 5.41) is 0. The van der Waals surface area contributed by atoms with Crippen LogP contribution in [0.1, 0.15) is 13.3 Å². The second kappa shape index (κ2) is 1.70. The molecule has 2 atom stereocenters. The molecule has 0 aromatic rings. The summed E-state index contributed by atoms with van der Waals surface area (Å²) >= 11 is 0. The lowest BCUT2D eigenvalue weighted by Crippen LogP contribution is -2.35. The minimum Gasteiger partial charge on any atom is -0.468 e. The van der Waals surface area contributed by atoms with Crippen molar-refractivity contribution in [1.82, 2.24) is 0 Å². The molecule has 1 saturated carbocycles. The van der Waals surface area contributed by atoms with Gasteiger partial charge in [-0.1, -0.05) is 6.92 Å². The summed E-state index contributed by atoms with van der Waals surface area (Å²) in [7, 11) is 1.36. The molecule has 1 aliphatic carbocycles. The summed E-state index contributed by atoms with van der Waals surface area (Å²) in [6.07, 6.45) is 0.764. The number of methoxy groups -OCH3 is 1. The Morgan fingerprint density at radius 2 is 2.33 bits per heavy atom. The Labute approximate surface area is 54.2 Å². The smallest absolute Gasteiger partial charge is 0.326 e. The molecule has 0 radical (unpaired) electrons. The molecule has 0 saturated heterocycles. The highest BCUT2D eigenvalue weighted by Crippen LogP contribution is 2.40. The first kappa shape index (κ1) is 6.55. The van der Waals surface area contributed by atoms with Gasteiger partial charge in [-0.25, -0.2) is 0 Å². The first-order valence-electron chi connectivity index (χ1n) is 2.98. The van der Waals surface area contributed by atoms with Crippen LogP contribution in [-0.4, -0.2) is 18.6 Å². The van der Waals surface area contributed by atoms with Gasteiger partial charge in [0.1, 0.15) is 5.54 Å². The van der Waals surface area contributed by atoms with E-state index >= 15 is 0 Å². The molecule has 0 aliphatic heterocycles. The van der Waals surface area contributed by atoms with Gasteiger partial charge >= 0.3 is 5.97 Å². The molecule has 3 heteroatoms. The molecule has 52 valence electrons. The zero-order chi connectivity index (χ0) is 7.07. The topological polar surface area (TPSA) is 52.3 Å². The molecule has 0 bridgehead atoms. The van der Waals surface area contributed by atoms with E-state index < -0.39 is 5.54 Å². The maximum absolute atomic E-state index is 10.8. The lowest BCUT2D eigenvalue weighted by Gasteiger charge is -2.04. The lowest BCUT2D eigenvalue weighted by molar-refractivity contribution is -0.143. The number of rotatable bonds is 1. The van der Waals surface area contributed by atoms with Gasteiger partial charge in [0.15, 0.2) is 0 Å². The zero-order valence-electron chi connectivity index (χ0n) is 5.68. The first-order chi connectivity index (χ1) is 4.11. The van der Waals surface area contributed by atoms with E-state index in [2.05, 4.69) is 4.74 Å². The van der Waals surface area contributed by atoms with Crippen LogP contribution < -0.4 is 5.73 Å². The third kappa shape index (κ3) is 0.812. The van der Waals surface area contributed by atoms with Crippen molar-refractivity contribution in [1.29, 1.82) is 0 Å². The summed E-state index contributed by atoms with van der Waals surface area (Å²) in [4.78, 5) is 10.8. The standard InChI is InChI=1S/C6H11NO2/c1-4-3-6(4,7)5(8)9-2/h4H,3,7H2,1-2H3/t4-,6+/m0/s1. The van der Waals surface area contributed by atoms with Crippen molar-refractivity contribution >= 4 is 5.97 Å². The lowest BCUT2D eigenvalue weighted by atomic mass is 10.2. The van der Waals surface area contributed by atoms with Crippen molar-refractivity contribution in [3.63, 3.8) is 0 Å². The first-order valence-corrected chi connectivity index (χ1v) is 2.98. The monoisotopic (exact) mass is 129 g/mol. The highest BCUT2D eigenvalue weighted by Gasteiger charge is 2.55. The molecule has 1 fully saturated rings. The van der Waals surface area contributed by atoms with Crippen LogP contribution in [0, 0.1) is 5.92 Å². The van der Waals surface area contributed by atoms with Crippen LogP contribution in [0.5, 0.6) is 0 Å². The van der Waals surface area contributed by atoms with Crippen LogP contribution in [0.25, 0.3) is 0 Å². The Kier molecular flexibility index (Phi) is 1.24. The molecule has 0 heterocycles. The average Bonchev–Trinajstić information content (AvgIpc) is 2.41. The Hall–Kier alpha value is -0.570. The van der Waals surface area contributed by atoms with E-state index in [0.29, 0.717) is 5.92 Å². The second-order valence-corrected chi connectivity index (χ2v) is 2.64. The van der Waals surface area contributed by atoms with E-state index in [9.17, 15) is 4.79 Å². The molecular weight excluding hydrogens is 118 g/mol. The molecule has 0 unspecified atom stereocenters. The summed E-state index contributed by atoms with van der Waals surface area (Å²) in [5.41, 5.74) is 4.93. The van der Waals surface area contributed by atoms with E-state index in [4.69, 9.17) is 5.73 Å². The molecule has 3 nitrogen and oxygen atoms in total. The van der Waals surface area contributed by atoms with Crippen molar-refractivity contribution in [3.05, 3.63) is 0 Å². The molecular formula is C6H11NO2. The normalized spacial score (nSPS) is 40.1. The number of ether oxygens (including phenoxy) is 1. The zero-order valence-corrected chi connectivity index (χ0v) is 5.68. The van der Waals surface area contributed by atoms with Crippen molar-refractivity contribution in [3.8, 4) is 0 Å². The molecule has 0 aromatic heterocycles. The van der Waals surface area contributed by atoms with Crippen molar-refractivity contribution < 1.29 is 9.53 Å². The van der Waals surface area contributed by atoms with Crippen LogP contribution in [0.2, 0.25) is 0 Å². The average molecular weight is 129 g/mol. The van der Waals surface area contributed by atoms with E-state index in [1.165, 1.54) is 7.11 Å². The second-order valence-electron chi connectivity index (χ2n) is 2.64. The van der Waals surface area contributed by atoms with Crippen molar-refractivity contribution in [2.75, 3.05) is 7.11 Å². The van der Waals surface area contributed by atoms with Crippen molar-refractivity contribution in [2.45, 2.75) is 18.9 Å². The minimum atomic E-state index is -0.644. The van der Waals surface area contributed by atoms with E-state index in [1.54, 1.807) is 0 Å². The maximum Gasteiger partial charge on any atom is 0.326 e. The summed E-state index contributed by atoms with van der Waals surface area (Å²) in [5.74, 6) is 0.0138. The predicted octanol–water partition coefficient (Wildman–Crippen LogP) is -0.103. The van der Waals surface area contributed by atoms with Gasteiger partial charge in [0.2, 0.25) is 0 Å². The van der Waals surface area contributed by atoms with Gasteiger partial charge in [-0.15, -0.1) is 0 Å². The van der Waals surface area contributed by atoms with Crippen LogP contribution in [0.4, 0.5) is 0 Å². The van der Waals surface area contributed by atoms with Gasteiger partial charge in [0.25, 0.3) is 0 Å². The molecule has 0 spiro atoms. The molecule has 1 rings (SSSR count). The van der Waals surface area contributed by atoms with Gasteiger partial charge < -0.3 is 10.5 Å². The van der Waals surface area contributed by atoms with Gasteiger partial charge in [-0.3, -0.25) is 4.79 Å². The van der Waals surface area contributed by atoms with Crippen LogP contribution in [0.3, 0.4) is 0 Å². The fourth-order valence-electron chi connectivity index (χ4n) is 0.922. The fraction of sp³-hybridized carbons (Fsp3) is 0.833. The maximum atomic E-state index is 10.8. The van der Waals surface area contributed by atoms with Gasteiger partial charge in [-0.05, 0) is 12.3 Å². The molecule has 1 aliphatic rings. The number of esters is 1. The highest BCUT2D eigenvalue weighted by atomic mass is 16.5. The number of nitrogens with two attached hydrogens (primary N) is 1. The molecule has 0 amide bonds. The van der Waals surface area contributed by atoms with Crippen LogP contribution >= 0.6 is 0 Å². The summed E-state index contributed by atoms with van der Waals surface area (Å²) in [6, 6.07) is 0. The van der Waals surface area contributed by atoms with Gasteiger partial charge in [-0.2, -0.15) is 0 Å². The Morgan fingerprint density at radius 3 is 2.44 bits per heavy atom. The van der Waals surface area contributed by atoms with E-state index in [1.807, 2.05) is 6.92 Å².